The Balaban J connectivity index is 2.36. The van der Waals surface area contributed by atoms with E-state index in [1.54, 1.807) is 0 Å². The SMILES string of the molecule is CCOC(=O)CC(CN)C1CCCCC1. The van der Waals surface area contributed by atoms with Crippen molar-refractivity contribution >= 4 is 5.97 Å². The zero-order valence-corrected chi connectivity index (χ0v) is 9.71. The van der Waals surface area contributed by atoms with Gasteiger partial charge in [0.25, 0.3) is 0 Å². The van der Waals surface area contributed by atoms with Crippen LogP contribution in [0, 0.1) is 11.8 Å². The van der Waals surface area contributed by atoms with Gasteiger partial charge in [-0.15, -0.1) is 0 Å². The Morgan fingerprint density at radius 1 is 1.40 bits per heavy atom. The molecule has 0 heterocycles. The fourth-order valence-corrected chi connectivity index (χ4v) is 2.48. The van der Waals surface area contributed by atoms with E-state index in [-0.39, 0.29) is 5.97 Å². The van der Waals surface area contributed by atoms with Crippen LogP contribution in [-0.4, -0.2) is 19.1 Å². The topological polar surface area (TPSA) is 52.3 Å². The summed E-state index contributed by atoms with van der Waals surface area (Å²) >= 11 is 0. The highest BCUT2D eigenvalue weighted by Gasteiger charge is 2.24. The third kappa shape index (κ3) is 4.20. The third-order valence-corrected chi connectivity index (χ3v) is 3.35. The molecular weight excluding hydrogens is 190 g/mol. The fraction of sp³-hybridized carbons (Fsp3) is 0.917. The van der Waals surface area contributed by atoms with E-state index in [1.807, 2.05) is 6.92 Å². The normalized spacial score (nSPS) is 19.9. The van der Waals surface area contributed by atoms with Gasteiger partial charge in [0.15, 0.2) is 0 Å². The summed E-state index contributed by atoms with van der Waals surface area (Å²) in [5.74, 6) is 0.899. The summed E-state index contributed by atoms with van der Waals surface area (Å²) in [6, 6.07) is 0. The van der Waals surface area contributed by atoms with Gasteiger partial charge in [0.05, 0.1) is 6.61 Å². The minimum atomic E-state index is -0.0847. The molecule has 88 valence electrons. The Kier molecular flexibility index (Phi) is 5.69. The van der Waals surface area contributed by atoms with Crippen molar-refractivity contribution < 1.29 is 9.53 Å². The van der Waals surface area contributed by atoms with Crippen LogP contribution in [0.3, 0.4) is 0 Å². The molecule has 1 fully saturated rings. The second-order valence-electron chi connectivity index (χ2n) is 4.40. The van der Waals surface area contributed by atoms with E-state index in [1.165, 1.54) is 32.1 Å². The predicted octanol–water partition coefficient (Wildman–Crippen LogP) is 2.09. The Hall–Kier alpha value is -0.570. The number of rotatable bonds is 5. The summed E-state index contributed by atoms with van der Waals surface area (Å²) in [6.45, 7) is 2.93. The average Bonchev–Trinajstić information content (AvgIpc) is 2.27. The molecule has 1 atom stereocenters. The first-order valence-electron chi connectivity index (χ1n) is 6.13. The van der Waals surface area contributed by atoms with Crippen LogP contribution in [0.1, 0.15) is 45.4 Å². The molecule has 1 unspecified atom stereocenters. The summed E-state index contributed by atoms with van der Waals surface area (Å²) in [5, 5.41) is 0. The van der Waals surface area contributed by atoms with Gasteiger partial charge in [-0.2, -0.15) is 0 Å². The highest BCUT2D eigenvalue weighted by Crippen LogP contribution is 2.31. The van der Waals surface area contributed by atoms with Gasteiger partial charge in [0.1, 0.15) is 0 Å². The second kappa shape index (κ2) is 6.83. The molecular formula is C12H23NO2. The average molecular weight is 213 g/mol. The lowest BCUT2D eigenvalue weighted by atomic mass is 9.78. The molecule has 15 heavy (non-hydrogen) atoms. The fourth-order valence-electron chi connectivity index (χ4n) is 2.48. The largest absolute Gasteiger partial charge is 0.466 e. The highest BCUT2D eigenvalue weighted by atomic mass is 16.5. The van der Waals surface area contributed by atoms with Crippen LogP contribution < -0.4 is 5.73 Å². The maximum atomic E-state index is 11.4. The van der Waals surface area contributed by atoms with Crippen LogP contribution in [0.25, 0.3) is 0 Å². The van der Waals surface area contributed by atoms with Crippen LogP contribution >= 0.6 is 0 Å². The van der Waals surface area contributed by atoms with E-state index in [2.05, 4.69) is 0 Å². The lowest BCUT2D eigenvalue weighted by Crippen LogP contribution is -2.28. The van der Waals surface area contributed by atoms with Crippen molar-refractivity contribution in [3.8, 4) is 0 Å². The van der Waals surface area contributed by atoms with Gasteiger partial charge in [-0.1, -0.05) is 32.1 Å². The van der Waals surface area contributed by atoms with E-state index < -0.39 is 0 Å². The Morgan fingerprint density at radius 3 is 2.60 bits per heavy atom. The van der Waals surface area contributed by atoms with E-state index in [0.717, 1.165) is 0 Å². The molecule has 0 radical (unpaired) electrons. The van der Waals surface area contributed by atoms with Crippen LogP contribution in [0.15, 0.2) is 0 Å². The van der Waals surface area contributed by atoms with Gasteiger partial charge in [0.2, 0.25) is 0 Å². The van der Waals surface area contributed by atoms with Crippen LogP contribution in [0.4, 0.5) is 0 Å². The summed E-state index contributed by atoms with van der Waals surface area (Å²) in [5.41, 5.74) is 5.74. The number of carbonyl (C=O) groups is 1. The first-order valence-corrected chi connectivity index (χ1v) is 6.13. The van der Waals surface area contributed by atoms with Gasteiger partial charge >= 0.3 is 5.97 Å². The van der Waals surface area contributed by atoms with Gasteiger partial charge in [0, 0.05) is 6.42 Å². The van der Waals surface area contributed by atoms with Crippen molar-refractivity contribution in [2.75, 3.05) is 13.2 Å². The molecule has 1 rings (SSSR count). The van der Waals surface area contributed by atoms with E-state index in [4.69, 9.17) is 10.5 Å². The quantitative estimate of drug-likeness (QED) is 0.711. The molecule has 0 aromatic heterocycles. The van der Waals surface area contributed by atoms with Crippen molar-refractivity contribution in [1.29, 1.82) is 0 Å². The standard InChI is InChI=1S/C12H23NO2/c1-2-15-12(14)8-11(9-13)10-6-4-3-5-7-10/h10-11H,2-9,13H2,1H3. The van der Waals surface area contributed by atoms with Crippen LogP contribution in [-0.2, 0) is 9.53 Å². The number of hydrogen-bond acceptors (Lipinski definition) is 3. The van der Waals surface area contributed by atoms with E-state index in [0.29, 0.717) is 31.4 Å². The van der Waals surface area contributed by atoms with E-state index >= 15 is 0 Å². The smallest absolute Gasteiger partial charge is 0.306 e. The summed E-state index contributed by atoms with van der Waals surface area (Å²) in [4.78, 5) is 11.4. The lowest BCUT2D eigenvalue weighted by Gasteiger charge is -2.28. The molecule has 0 aliphatic heterocycles. The summed E-state index contributed by atoms with van der Waals surface area (Å²) < 4.78 is 4.97. The van der Waals surface area contributed by atoms with Crippen molar-refractivity contribution in [2.24, 2.45) is 17.6 Å². The van der Waals surface area contributed by atoms with Crippen molar-refractivity contribution in [3.63, 3.8) is 0 Å². The molecule has 0 aromatic rings. The van der Waals surface area contributed by atoms with Crippen LogP contribution in [0.5, 0.6) is 0 Å². The Labute approximate surface area is 92.4 Å². The molecule has 3 heteroatoms. The summed E-state index contributed by atoms with van der Waals surface area (Å²) in [7, 11) is 0. The molecule has 0 bridgehead atoms. The highest BCUT2D eigenvalue weighted by molar-refractivity contribution is 5.69. The number of carbonyl (C=O) groups excluding carboxylic acids is 1. The zero-order chi connectivity index (χ0) is 11.1. The molecule has 1 aliphatic rings. The molecule has 3 nitrogen and oxygen atoms in total. The molecule has 1 aliphatic carbocycles. The van der Waals surface area contributed by atoms with Gasteiger partial charge in [-0.05, 0) is 25.3 Å². The molecule has 0 aromatic carbocycles. The van der Waals surface area contributed by atoms with Gasteiger partial charge in [-0.25, -0.2) is 0 Å². The molecule has 0 amide bonds. The maximum absolute atomic E-state index is 11.4. The van der Waals surface area contributed by atoms with E-state index in [9.17, 15) is 4.79 Å². The van der Waals surface area contributed by atoms with Crippen molar-refractivity contribution in [3.05, 3.63) is 0 Å². The number of ether oxygens (including phenoxy) is 1. The molecule has 2 N–H and O–H groups in total. The first kappa shape index (κ1) is 12.5. The monoisotopic (exact) mass is 213 g/mol. The number of hydrogen-bond donors (Lipinski definition) is 1. The number of nitrogens with two attached hydrogens (primary N) is 1. The number of esters is 1. The predicted molar refractivity (Wildman–Crippen MR) is 60.4 cm³/mol. The third-order valence-electron chi connectivity index (χ3n) is 3.35. The Morgan fingerprint density at radius 2 is 2.07 bits per heavy atom. The summed E-state index contributed by atoms with van der Waals surface area (Å²) in [6.07, 6.45) is 6.92. The zero-order valence-electron chi connectivity index (χ0n) is 9.71. The molecule has 0 spiro atoms. The Bertz CT molecular complexity index is 188. The van der Waals surface area contributed by atoms with Crippen molar-refractivity contribution in [1.82, 2.24) is 0 Å². The molecule has 0 saturated heterocycles. The lowest BCUT2D eigenvalue weighted by molar-refractivity contribution is -0.144. The first-order chi connectivity index (χ1) is 7.27. The van der Waals surface area contributed by atoms with Crippen LogP contribution in [0.2, 0.25) is 0 Å². The van der Waals surface area contributed by atoms with Gasteiger partial charge in [-0.3, -0.25) is 4.79 Å². The maximum Gasteiger partial charge on any atom is 0.306 e. The van der Waals surface area contributed by atoms with Crippen molar-refractivity contribution in [2.45, 2.75) is 45.4 Å². The second-order valence-corrected chi connectivity index (χ2v) is 4.40. The molecule has 1 saturated carbocycles. The van der Waals surface area contributed by atoms with Gasteiger partial charge < -0.3 is 10.5 Å². The minimum Gasteiger partial charge on any atom is -0.466 e. The minimum absolute atomic E-state index is 0.0847.